The van der Waals surface area contributed by atoms with Crippen LogP contribution in [0.3, 0.4) is 0 Å². The Kier molecular flexibility index (Phi) is 5.53. The van der Waals surface area contributed by atoms with E-state index in [-0.39, 0.29) is 5.91 Å². The number of aryl methyl sites for hydroxylation is 1. The number of piperidine rings is 1. The van der Waals surface area contributed by atoms with Crippen LogP contribution in [0.1, 0.15) is 37.6 Å². The first-order valence-corrected chi connectivity index (χ1v) is 9.18. The van der Waals surface area contributed by atoms with Crippen LogP contribution in [0.4, 0.5) is 5.69 Å². The number of para-hydroxylation sites is 1. The van der Waals surface area contributed by atoms with Gasteiger partial charge in [0.15, 0.2) is 0 Å². The van der Waals surface area contributed by atoms with E-state index >= 15 is 0 Å². The molecule has 0 saturated carbocycles. The lowest BCUT2D eigenvalue weighted by Gasteiger charge is -2.29. The fourth-order valence-electron chi connectivity index (χ4n) is 3.39. The number of benzene rings is 1. The Morgan fingerprint density at radius 1 is 1.20 bits per heavy atom. The van der Waals surface area contributed by atoms with Gasteiger partial charge in [0, 0.05) is 13.0 Å². The molecule has 1 saturated heterocycles. The lowest BCUT2D eigenvalue weighted by atomic mass is 9.99. The summed E-state index contributed by atoms with van der Waals surface area (Å²) in [6.45, 7) is 9.29. The Labute approximate surface area is 150 Å². The van der Waals surface area contributed by atoms with E-state index in [9.17, 15) is 4.79 Å². The summed E-state index contributed by atoms with van der Waals surface area (Å²) >= 11 is 0. The number of nitrogens with zero attached hydrogens (tertiary/aromatic N) is 3. The second-order valence-corrected chi connectivity index (χ2v) is 7.12. The molecule has 2 heterocycles. The van der Waals surface area contributed by atoms with E-state index < -0.39 is 0 Å². The van der Waals surface area contributed by atoms with Crippen molar-refractivity contribution in [3.8, 4) is 5.69 Å². The molecule has 1 aliphatic heterocycles. The molecular formula is C20H28N4O. The van der Waals surface area contributed by atoms with Crippen LogP contribution >= 0.6 is 0 Å². The first-order valence-electron chi connectivity index (χ1n) is 9.18. The Balaban J connectivity index is 1.61. The van der Waals surface area contributed by atoms with Gasteiger partial charge < -0.3 is 10.2 Å². The quantitative estimate of drug-likeness (QED) is 0.905. The van der Waals surface area contributed by atoms with Crippen molar-refractivity contribution < 1.29 is 4.79 Å². The van der Waals surface area contributed by atoms with Gasteiger partial charge in [-0.2, -0.15) is 5.10 Å². The minimum atomic E-state index is 0.0671. The van der Waals surface area contributed by atoms with Crippen molar-refractivity contribution in [3.05, 3.63) is 41.7 Å². The number of rotatable bonds is 5. The van der Waals surface area contributed by atoms with E-state index in [2.05, 4.69) is 22.2 Å². The molecule has 1 fully saturated rings. The number of carbonyl (C=O) groups is 1. The van der Waals surface area contributed by atoms with E-state index in [1.165, 1.54) is 12.8 Å². The predicted octanol–water partition coefficient (Wildman–Crippen LogP) is 3.55. The molecule has 3 rings (SSSR count). The van der Waals surface area contributed by atoms with Crippen LogP contribution in [0.15, 0.2) is 30.3 Å². The molecule has 0 radical (unpaired) electrons. The molecule has 1 aliphatic rings. The third-order valence-corrected chi connectivity index (χ3v) is 5.09. The first kappa shape index (κ1) is 17.7. The summed E-state index contributed by atoms with van der Waals surface area (Å²) in [6.07, 6.45) is 3.01. The van der Waals surface area contributed by atoms with Gasteiger partial charge in [-0.15, -0.1) is 0 Å². The SMILES string of the molecule is Cc1nn(-c2ccccc2)c(C)c1NC(=O)CCN1CCC(C)CC1. The summed E-state index contributed by atoms with van der Waals surface area (Å²) in [7, 11) is 0. The van der Waals surface area contributed by atoms with Crippen molar-refractivity contribution in [2.45, 2.75) is 40.0 Å². The molecule has 0 unspecified atom stereocenters. The highest BCUT2D eigenvalue weighted by Crippen LogP contribution is 2.23. The van der Waals surface area contributed by atoms with Crippen LogP contribution in [0.2, 0.25) is 0 Å². The van der Waals surface area contributed by atoms with Gasteiger partial charge >= 0.3 is 0 Å². The van der Waals surface area contributed by atoms with Crippen molar-refractivity contribution in [2.24, 2.45) is 5.92 Å². The monoisotopic (exact) mass is 340 g/mol. The van der Waals surface area contributed by atoms with Gasteiger partial charge in [-0.25, -0.2) is 4.68 Å². The van der Waals surface area contributed by atoms with Crippen molar-refractivity contribution in [3.63, 3.8) is 0 Å². The van der Waals surface area contributed by atoms with Crippen molar-refractivity contribution in [2.75, 3.05) is 25.0 Å². The smallest absolute Gasteiger partial charge is 0.225 e. The average Bonchev–Trinajstić information content (AvgIpc) is 2.90. The molecule has 1 aromatic heterocycles. The topological polar surface area (TPSA) is 50.2 Å². The molecule has 5 heteroatoms. The van der Waals surface area contributed by atoms with Crippen molar-refractivity contribution >= 4 is 11.6 Å². The summed E-state index contributed by atoms with van der Waals surface area (Å²) in [5, 5.41) is 7.65. The van der Waals surface area contributed by atoms with Gasteiger partial charge in [0.2, 0.25) is 5.91 Å². The van der Waals surface area contributed by atoms with E-state index in [4.69, 9.17) is 0 Å². The highest BCUT2D eigenvalue weighted by Gasteiger charge is 2.18. The van der Waals surface area contributed by atoms with Crippen molar-refractivity contribution in [1.82, 2.24) is 14.7 Å². The molecule has 0 spiro atoms. The first-order chi connectivity index (χ1) is 12.0. The zero-order chi connectivity index (χ0) is 17.8. The molecule has 1 amide bonds. The number of carbonyl (C=O) groups excluding carboxylic acids is 1. The average molecular weight is 340 g/mol. The zero-order valence-corrected chi connectivity index (χ0v) is 15.5. The van der Waals surface area contributed by atoms with E-state index in [1.807, 2.05) is 48.9 Å². The predicted molar refractivity (Wildman–Crippen MR) is 101 cm³/mol. The Hall–Kier alpha value is -2.14. The van der Waals surface area contributed by atoms with Crippen LogP contribution in [0.25, 0.3) is 5.69 Å². The van der Waals surface area contributed by atoms with Crippen LogP contribution < -0.4 is 5.32 Å². The van der Waals surface area contributed by atoms with Gasteiger partial charge in [-0.05, 0) is 57.8 Å². The number of amides is 1. The molecule has 25 heavy (non-hydrogen) atoms. The largest absolute Gasteiger partial charge is 0.323 e. The van der Waals surface area contributed by atoms with E-state index in [0.29, 0.717) is 6.42 Å². The maximum atomic E-state index is 12.4. The highest BCUT2D eigenvalue weighted by molar-refractivity contribution is 5.92. The van der Waals surface area contributed by atoms with Gasteiger partial charge in [0.1, 0.15) is 0 Å². The van der Waals surface area contributed by atoms with Crippen LogP contribution in [0.5, 0.6) is 0 Å². The van der Waals surface area contributed by atoms with Gasteiger partial charge in [0.05, 0.1) is 22.8 Å². The summed E-state index contributed by atoms with van der Waals surface area (Å²) in [6, 6.07) is 10.00. The summed E-state index contributed by atoms with van der Waals surface area (Å²) < 4.78 is 1.89. The molecule has 2 aromatic rings. The Morgan fingerprint density at radius 3 is 2.56 bits per heavy atom. The third-order valence-electron chi connectivity index (χ3n) is 5.09. The lowest BCUT2D eigenvalue weighted by molar-refractivity contribution is -0.116. The Bertz CT molecular complexity index is 715. The highest BCUT2D eigenvalue weighted by atomic mass is 16.1. The van der Waals surface area contributed by atoms with Crippen LogP contribution in [-0.2, 0) is 4.79 Å². The Morgan fingerprint density at radius 2 is 1.88 bits per heavy atom. The van der Waals surface area contributed by atoms with E-state index in [0.717, 1.165) is 48.3 Å². The number of hydrogen-bond donors (Lipinski definition) is 1. The molecule has 5 nitrogen and oxygen atoms in total. The number of nitrogens with one attached hydrogen (secondary N) is 1. The maximum Gasteiger partial charge on any atom is 0.225 e. The molecule has 1 aromatic carbocycles. The molecule has 0 aliphatic carbocycles. The maximum absolute atomic E-state index is 12.4. The summed E-state index contributed by atoms with van der Waals surface area (Å²) in [4.78, 5) is 14.8. The fraction of sp³-hybridized carbons (Fsp3) is 0.500. The molecule has 134 valence electrons. The molecule has 1 N–H and O–H groups in total. The minimum absolute atomic E-state index is 0.0671. The lowest BCUT2D eigenvalue weighted by Crippen LogP contribution is -2.35. The van der Waals surface area contributed by atoms with Gasteiger partial charge in [0.25, 0.3) is 0 Å². The minimum Gasteiger partial charge on any atom is -0.323 e. The zero-order valence-electron chi connectivity index (χ0n) is 15.5. The second-order valence-electron chi connectivity index (χ2n) is 7.12. The summed E-state index contributed by atoms with van der Waals surface area (Å²) in [5.41, 5.74) is 3.65. The molecule has 0 atom stereocenters. The number of hydrogen-bond acceptors (Lipinski definition) is 3. The molecule has 0 bridgehead atoms. The third kappa shape index (κ3) is 4.28. The summed E-state index contributed by atoms with van der Waals surface area (Å²) in [5.74, 6) is 0.886. The number of aromatic nitrogens is 2. The number of anilines is 1. The van der Waals surface area contributed by atoms with Crippen LogP contribution in [-0.4, -0.2) is 40.2 Å². The number of likely N-dealkylation sites (tertiary alicyclic amines) is 1. The van der Waals surface area contributed by atoms with Gasteiger partial charge in [-0.1, -0.05) is 25.1 Å². The van der Waals surface area contributed by atoms with Crippen LogP contribution in [0, 0.1) is 19.8 Å². The molecular weight excluding hydrogens is 312 g/mol. The normalized spacial score (nSPS) is 16.1. The van der Waals surface area contributed by atoms with E-state index in [1.54, 1.807) is 0 Å². The van der Waals surface area contributed by atoms with Crippen molar-refractivity contribution in [1.29, 1.82) is 0 Å². The fourth-order valence-corrected chi connectivity index (χ4v) is 3.39. The standard InChI is InChI=1S/C20H28N4O/c1-15-9-12-23(13-10-15)14-11-19(25)21-20-16(2)22-24(17(20)3)18-7-5-4-6-8-18/h4-8,15H,9-14H2,1-3H3,(H,21,25). The van der Waals surface area contributed by atoms with Gasteiger partial charge in [-0.3, -0.25) is 4.79 Å². The second kappa shape index (κ2) is 7.83.